The second kappa shape index (κ2) is 4.58. The first-order valence-corrected chi connectivity index (χ1v) is 6.30. The van der Waals surface area contributed by atoms with E-state index in [1.807, 2.05) is 17.9 Å². The summed E-state index contributed by atoms with van der Waals surface area (Å²) in [5, 5.41) is 7.89. The Labute approximate surface area is 98.2 Å². The molecule has 1 fully saturated rings. The molecule has 2 rings (SSSR count). The molecule has 1 aromatic rings. The Balaban J connectivity index is 1.85. The van der Waals surface area contributed by atoms with Gasteiger partial charge in [-0.3, -0.25) is 4.68 Å². The summed E-state index contributed by atoms with van der Waals surface area (Å²) >= 11 is 0. The lowest BCUT2D eigenvalue weighted by Gasteiger charge is -2.37. The first-order valence-electron chi connectivity index (χ1n) is 6.30. The minimum atomic E-state index is 0.336. The number of hydrogen-bond donors (Lipinski definition) is 1. The van der Waals surface area contributed by atoms with Crippen LogP contribution in [-0.2, 0) is 13.6 Å². The van der Waals surface area contributed by atoms with Crippen molar-refractivity contribution >= 4 is 0 Å². The predicted octanol–water partition coefficient (Wildman–Crippen LogP) is 2.48. The van der Waals surface area contributed by atoms with E-state index in [1.165, 1.54) is 31.2 Å². The van der Waals surface area contributed by atoms with Gasteiger partial charge in [0.05, 0.1) is 6.20 Å². The van der Waals surface area contributed by atoms with Crippen LogP contribution in [0.1, 0.15) is 45.1 Å². The normalized spacial score (nSPS) is 30.6. The molecule has 1 aliphatic carbocycles. The van der Waals surface area contributed by atoms with Crippen molar-refractivity contribution in [3.05, 3.63) is 18.0 Å². The van der Waals surface area contributed by atoms with Gasteiger partial charge >= 0.3 is 0 Å². The Hall–Kier alpha value is -0.830. The molecule has 1 saturated carbocycles. The summed E-state index contributed by atoms with van der Waals surface area (Å²) in [6, 6.07) is 0. The van der Waals surface area contributed by atoms with Gasteiger partial charge in [0.2, 0.25) is 0 Å². The van der Waals surface area contributed by atoms with Gasteiger partial charge in [0, 0.05) is 30.9 Å². The minimum Gasteiger partial charge on any atom is -0.307 e. The Bertz CT molecular complexity index is 335. The van der Waals surface area contributed by atoms with E-state index in [4.69, 9.17) is 0 Å². The zero-order chi connectivity index (χ0) is 11.6. The van der Waals surface area contributed by atoms with Crippen LogP contribution >= 0.6 is 0 Å². The third kappa shape index (κ3) is 2.85. The summed E-state index contributed by atoms with van der Waals surface area (Å²) in [5.74, 6) is 0.910. The van der Waals surface area contributed by atoms with Gasteiger partial charge in [-0.15, -0.1) is 0 Å². The van der Waals surface area contributed by atoms with Crippen LogP contribution in [0.2, 0.25) is 0 Å². The molecule has 0 bridgehead atoms. The zero-order valence-electron chi connectivity index (χ0n) is 10.7. The summed E-state index contributed by atoms with van der Waals surface area (Å²) in [6.07, 6.45) is 9.35. The van der Waals surface area contributed by atoms with Crippen LogP contribution in [0.4, 0.5) is 0 Å². The molecule has 0 unspecified atom stereocenters. The molecule has 0 aliphatic heterocycles. The molecule has 16 heavy (non-hydrogen) atoms. The molecule has 0 aromatic carbocycles. The van der Waals surface area contributed by atoms with Gasteiger partial charge in [-0.05, 0) is 38.5 Å². The third-order valence-corrected chi connectivity index (χ3v) is 3.86. The lowest BCUT2D eigenvalue weighted by Crippen LogP contribution is -2.44. The lowest BCUT2D eigenvalue weighted by molar-refractivity contribution is 0.212. The van der Waals surface area contributed by atoms with Crippen LogP contribution in [0, 0.1) is 5.92 Å². The van der Waals surface area contributed by atoms with Crippen molar-refractivity contribution in [2.75, 3.05) is 0 Å². The first-order chi connectivity index (χ1) is 7.57. The number of aromatic nitrogens is 2. The van der Waals surface area contributed by atoms with Crippen molar-refractivity contribution in [1.82, 2.24) is 15.1 Å². The standard InChI is InChI=1S/C13H23N3/c1-11-4-6-13(2,7-5-11)14-8-12-9-15-16(3)10-12/h9-11,14H,4-8H2,1-3H3. The van der Waals surface area contributed by atoms with Gasteiger partial charge in [0.15, 0.2) is 0 Å². The van der Waals surface area contributed by atoms with E-state index in [-0.39, 0.29) is 0 Å². The quantitative estimate of drug-likeness (QED) is 0.850. The Kier molecular flexibility index (Phi) is 3.33. The maximum atomic E-state index is 4.19. The number of nitrogens with one attached hydrogen (secondary N) is 1. The highest BCUT2D eigenvalue weighted by atomic mass is 15.2. The van der Waals surface area contributed by atoms with Crippen molar-refractivity contribution < 1.29 is 0 Å². The van der Waals surface area contributed by atoms with E-state index >= 15 is 0 Å². The van der Waals surface area contributed by atoms with E-state index in [0.29, 0.717) is 5.54 Å². The number of nitrogens with zero attached hydrogens (tertiary/aromatic N) is 2. The molecule has 0 radical (unpaired) electrons. The smallest absolute Gasteiger partial charge is 0.0534 e. The molecule has 0 atom stereocenters. The topological polar surface area (TPSA) is 29.9 Å². The molecule has 3 heteroatoms. The molecule has 1 N–H and O–H groups in total. The van der Waals surface area contributed by atoms with Crippen LogP contribution in [0.5, 0.6) is 0 Å². The van der Waals surface area contributed by atoms with E-state index in [2.05, 4.69) is 30.5 Å². The van der Waals surface area contributed by atoms with Gasteiger partial charge in [-0.25, -0.2) is 0 Å². The molecule has 1 heterocycles. The average Bonchev–Trinajstić information content (AvgIpc) is 2.67. The summed E-state index contributed by atoms with van der Waals surface area (Å²) in [7, 11) is 1.97. The minimum absolute atomic E-state index is 0.336. The highest BCUT2D eigenvalue weighted by molar-refractivity contribution is 5.04. The monoisotopic (exact) mass is 221 g/mol. The molecule has 3 nitrogen and oxygen atoms in total. The maximum absolute atomic E-state index is 4.19. The Morgan fingerprint density at radius 1 is 1.50 bits per heavy atom. The molecule has 1 aliphatic rings. The van der Waals surface area contributed by atoms with Crippen molar-refractivity contribution in [2.45, 2.75) is 51.6 Å². The van der Waals surface area contributed by atoms with Gasteiger partial charge in [0.1, 0.15) is 0 Å². The highest BCUT2D eigenvalue weighted by Crippen LogP contribution is 2.31. The molecular formula is C13H23N3. The van der Waals surface area contributed by atoms with E-state index in [1.54, 1.807) is 0 Å². The number of rotatable bonds is 3. The van der Waals surface area contributed by atoms with Crippen molar-refractivity contribution in [1.29, 1.82) is 0 Å². The van der Waals surface area contributed by atoms with Gasteiger partial charge < -0.3 is 5.32 Å². The molecular weight excluding hydrogens is 198 g/mol. The van der Waals surface area contributed by atoms with Crippen molar-refractivity contribution in [3.63, 3.8) is 0 Å². The fourth-order valence-corrected chi connectivity index (χ4v) is 2.45. The Morgan fingerprint density at radius 3 is 2.75 bits per heavy atom. The largest absolute Gasteiger partial charge is 0.307 e. The van der Waals surface area contributed by atoms with Crippen LogP contribution in [-0.4, -0.2) is 15.3 Å². The molecule has 90 valence electrons. The fraction of sp³-hybridized carbons (Fsp3) is 0.769. The van der Waals surface area contributed by atoms with Gasteiger partial charge in [-0.2, -0.15) is 5.10 Å². The van der Waals surface area contributed by atoms with Crippen LogP contribution in [0.25, 0.3) is 0 Å². The summed E-state index contributed by atoms with van der Waals surface area (Å²) in [5.41, 5.74) is 1.62. The summed E-state index contributed by atoms with van der Waals surface area (Å²) in [4.78, 5) is 0. The van der Waals surface area contributed by atoms with Gasteiger partial charge in [0.25, 0.3) is 0 Å². The van der Waals surface area contributed by atoms with E-state index in [0.717, 1.165) is 12.5 Å². The van der Waals surface area contributed by atoms with Crippen molar-refractivity contribution in [3.8, 4) is 0 Å². The predicted molar refractivity (Wildman–Crippen MR) is 66.1 cm³/mol. The number of hydrogen-bond acceptors (Lipinski definition) is 2. The lowest BCUT2D eigenvalue weighted by atomic mass is 9.78. The first kappa shape index (κ1) is 11.6. The summed E-state index contributed by atoms with van der Waals surface area (Å²) < 4.78 is 1.86. The van der Waals surface area contributed by atoms with Crippen LogP contribution in [0.3, 0.4) is 0 Å². The number of aryl methyl sites for hydroxylation is 1. The van der Waals surface area contributed by atoms with Crippen LogP contribution in [0.15, 0.2) is 12.4 Å². The molecule has 0 amide bonds. The second-order valence-corrected chi connectivity index (χ2v) is 5.62. The highest BCUT2D eigenvalue weighted by Gasteiger charge is 2.28. The molecule has 0 spiro atoms. The maximum Gasteiger partial charge on any atom is 0.0534 e. The zero-order valence-corrected chi connectivity index (χ0v) is 10.7. The molecule has 0 saturated heterocycles. The molecule has 1 aromatic heterocycles. The van der Waals surface area contributed by atoms with Crippen LogP contribution < -0.4 is 5.32 Å². The third-order valence-electron chi connectivity index (χ3n) is 3.86. The Morgan fingerprint density at radius 2 is 2.19 bits per heavy atom. The van der Waals surface area contributed by atoms with E-state index in [9.17, 15) is 0 Å². The van der Waals surface area contributed by atoms with E-state index < -0.39 is 0 Å². The average molecular weight is 221 g/mol. The fourth-order valence-electron chi connectivity index (χ4n) is 2.45. The second-order valence-electron chi connectivity index (χ2n) is 5.62. The van der Waals surface area contributed by atoms with Gasteiger partial charge in [-0.1, -0.05) is 6.92 Å². The summed E-state index contributed by atoms with van der Waals surface area (Å²) in [6.45, 7) is 5.66. The van der Waals surface area contributed by atoms with Crippen molar-refractivity contribution in [2.24, 2.45) is 13.0 Å². The SMILES string of the molecule is CC1CCC(C)(NCc2cnn(C)c2)CC1.